The standard InChI is InChI=1S/C9H16N6O/c1-3-16-8-12-6(11-7(13-8)15-10)14-9(2)4-5-9/h3-5,10H2,1-2H3,(H2,11,12,13,14,15). The van der Waals surface area contributed by atoms with Crippen LogP contribution in [0.4, 0.5) is 11.9 Å². The maximum Gasteiger partial charge on any atom is 0.323 e. The number of hydrogen-bond donors (Lipinski definition) is 3. The first-order valence-corrected chi connectivity index (χ1v) is 5.29. The van der Waals surface area contributed by atoms with E-state index in [1.807, 2.05) is 6.92 Å². The van der Waals surface area contributed by atoms with Crippen LogP contribution < -0.4 is 21.3 Å². The van der Waals surface area contributed by atoms with Gasteiger partial charge in [-0.3, -0.25) is 5.43 Å². The molecule has 2 rings (SSSR count). The van der Waals surface area contributed by atoms with Crippen molar-refractivity contribution in [3.63, 3.8) is 0 Å². The summed E-state index contributed by atoms with van der Waals surface area (Å²) >= 11 is 0. The minimum absolute atomic E-state index is 0.108. The van der Waals surface area contributed by atoms with Gasteiger partial charge in [0, 0.05) is 5.54 Å². The molecule has 16 heavy (non-hydrogen) atoms. The molecule has 7 nitrogen and oxygen atoms in total. The molecule has 0 bridgehead atoms. The Kier molecular flexibility index (Phi) is 2.78. The molecule has 1 aromatic rings. The fraction of sp³-hybridized carbons (Fsp3) is 0.667. The molecular formula is C9H16N6O. The van der Waals surface area contributed by atoms with E-state index in [-0.39, 0.29) is 11.5 Å². The highest BCUT2D eigenvalue weighted by Crippen LogP contribution is 2.37. The van der Waals surface area contributed by atoms with E-state index in [1.54, 1.807) is 0 Å². The van der Waals surface area contributed by atoms with Gasteiger partial charge in [-0.2, -0.15) is 15.0 Å². The number of nitrogen functional groups attached to an aromatic ring is 1. The molecule has 0 radical (unpaired) electrons. The monoisotopic (exact) mass is 224 g/mol. The number of hydrogen-bond acceptors (Lipinski definition) is 7. The molecule has 1 aromatic heterocycles. The predicted molar refractivity (Wildman–Crippen MR) is 60.1 cm³/mol. The molecule has 4 N–H and O–H groups in total. The lowest BCUT2D eigenvalue weighted by Gasteiger charge is -2.12. The summed E-state index contributed by atoms with van der Waals surface area (Å²) in [4.78, 5) is 12.2. The quantitative estimate of drug-likeness (QED) is 0.495. The number of hydrazine groups is 1. The molecule has 1 fully saturated rings. The van der Waals surface area contributed by atoms with E-state index in [0.29, 0.717) is 18.5 Å². The van der Waals surface area contributed by atoms with Crippen LogP contribution in [0.15, 0.2) is 0 Å². The van der Waals surface area contributed by atoms with Crippen LogP contribution >= 0.6 is 0 Å². The van der Waals surface area contributed by atoms with Crippen molar-refractivity contribution in [2.24, 2.45) is 5.84 Å². The number of anilines is 2. The largest absolute Gasteiger partial charge is 0.464 e. The van der Waals surface area contributed by atoms with Gasteiger partial charge in [0.25, 0.3) is 0 Å². The van der Waals surface area contributed by atoms with Gasteiger partial charge in [-0.05, 0) is 26.7 Å². The maximum absolute atomic E-state index is 5.28. The van der Waals surface area contributed by atoms with Crippen LogP contribution in [-0.2, 0) is 0 Å². The first kappa shape index (κ1) is 10.9. The maximum atomic E-state index is 5.28. The summed E-state index contributed by atoms with van der Waals surface area (Å²) < 4.78 is 5.23. The Labute approximate surface area is 93.8 Å². The molecule has 1 saturated carbocycles. The molecule has 0 saturated heterocycles. The molecule has 88 valence electrons. The number of rotatable bonds is 5. The zero-order chi connectivity index (χ0) is 11.6. The minimum atomic E-state index is 0.108. The summed E-state index contributed by atoms with van der Waals surface area (Å²) in [5, 5.41) is 3.23. The van der Waals surface area contributed by atoms with Crippen molar-refractivity contribution < 1.29 is 4.74 Å². The second-order valence-electron chi connectivity index (χ2n) is 4.03. The summed E-state index contributed by atoms with van der Waals surface area (Å²) in [6.07, 6.45) is 2.24. The third kappa shape index (κ3) is 2.48. The van der Waals surface area contributed by atoms with Gasteiger partial charge >= 0.3 is 6.01 Å². The van der Waals surface area contributed by atoms with Gasteiger partial charge in [0.1, 0.15) is 0 Å². The van der Waals surface area contributed by atoms with E-state index in [1.165, 1.54) is 0 Å². The number of nitrogens with zero attached hydrogens (tertiary/aromatic N) is 3. The third-order valence-corrected chi connectivity index (χ3v) is 2.43. The highest BCUT2D eigenvalue weighted by molar-refractivity contribution is 5.38. The van der Waals surface area contributed by atoms with Crippen LogP contribution in [0.1, 0.15) is 26.7 Å². The number of ether oxygens (including phenoxy) is 1. The summed E-state index contributed by atoms with van der Waals surface area (Å²) in [5.41, 5.74) is 2.50. The lowest BCUT2D eigenvalue weighted by Crippen LogP contribution is -2.20. The highest BCUT2D eigenvalue weighted by Gasteiger charge is 2.38. The lowest BCUT2D eigenvalue weighted by atomic mass is 10.3. The van der Waals surface area contributed by atoms with Crippen molar-refractivity contribution in [1.82, 2.24) is 15.0 Å². The van der Waals surface area contributed by atoms with E-state index in [0.717, 1.165) is 12.8 Å². The smallest absolute Gasteiger partial charge is 0.323 e. The first-order valence-electron chi connectivity index (χ1n) is 5.29. The fourth-order valence-corrected chi connectivity index (χ4v) is 1.25. The minimum Gasteiger partial charge on any atom is -0.464 e. The lowest BCUT2D eigenvalue weighted by molar-refractivity contribution is 0.312. The van der Waals surface area contributed by atoms with E-state index in [4.69, 9.17) is 10.6 Å². The zero-order valence-electron chi connectivity index (χ0n) is 9.45. The molecule has 0 aromatic carbocycles. The Balaban J connectivity index is 2.18. The summed E-state index contributed by atoms with van der Waals surface area (Å²) in [7, 11) is 0. The van der Waals surface area contributed by atoms with Crippen molar-refractivity contribution in [1.29, 1.82) is 0 Å². The van der Waals surface area contributed by atoms with Gasteiger partial charge < -0.3 is 10.1 Å². The van der Waals surface area contributed by atoms with Gasteiger partial charge in [0.05, 0.1) is 6.61 Å². The summed E-state index contributed by atoms with van der Waals surface area (Å²) in [6, 6.07) is 0.275. The van der Waals surface area contributed by atoms with Crippen molar-refractivity contribution >= 4 is 11.9 Å². The average molecular weight is 224 g/mol. The van der Waals surface area contributed by atoms with Gasteiger partial charge in [0.2, 0.25) is 11.9 Å². The molecule has 1 aliphatic carbocycles. The molecule has 1 aliphatic rings. The molecule has 7 heteroatoms. The Bertz CT molecular complexity index is 378. The first-order chi connectivity index (χ1) is 7.65. The summed E-state index contributed by atoms with van der Waals surface area (Å²) in [5.74, 6) is 6.07. The summed E-state index contributed by atoms with van der Waals surface area (Å²) in [6.45, 7) is 4.49. The van der Waals surface area contributed by atoms with Crippen LogP contribution in [0, 0.1) is 0 Å². The van der Waals surface area contributed by atoms with Crippen molar-refractivity contribution in [2.45, 2.75) is 32.2 Å². The molecule has 0 atom stereocenters. The normalized spacial score (nSPS) is 16.7. The van der Waals surface area contributed by atoms with Crippen LogP contribution in [-0.4, -0.2) is 27.1 Å². The molecule has 0 spiro atoms. The second-order valence-corrected chi connectivity index (χ2v) is 4.03. The SMILES string of the molecule is CCOc1nc(NN)nc(NC2(C)CC2)n1. The highest BCUT2D eigenvalue weighted by atomic mass is 16.5. The molecule has 0 amide bonds. The Morgan fingerprint density at radius 1 is 1.31 bits per heavy atom. The molecule has 0 unspecified atom stereocenters. The molecular weight excluding hydrogens is 208 g/mol. The van der Waals surface area contributed by atoms with Gasteiger partial charge in [-0.1, -0.05) is 0 Å². The zero-order valence-corrected chi connectivity index (χ0v) is 9.45. The van der Waals surface area contributed by atoms with Gasteiger partial charge in [-0.25, -0.2) is 5.84 Å². The van der Waals surface area contributed by atoms with Crippen molar-refractivity contribution in [3.05, 3.63) is 0 Å². The third-order valence-electron chi connectivity index (χ3n) is 2.43. The fourth-order valence-electron chi connectivity index (χ4n) is 1.25. The Hall–Kier alpha value is -1.63. The van der Waals surface area contributed by atoms with Crippen molar-refractivity contribution in [2.75, 3.05) is 17.3 Å². The van der Waals surface area contributed by atoms with E-state index >= 15 is 0 Å². The van der Waals surface area contributed by atoms with Gasteiger partial charge in [0.15, 0.2) is 0 Å². The van der Waals surface area contributed by atoms with Crippen LogP contribution in [0.3, 0.4) is 0 Å². The molecule has 1 heterocycles. The van der Waals surface area contributed by atoms with Crippen LogP contribution in [0.2, 0.25) is 0 Å². The van der Waals surface area contributed by atoms with Crippen LogP contribution in [0.5, 0.6) is 6.01 Å². The van der Waals surface area contributed by atoms with E-state index in [9.17, 15) is 0 Å². The van der Waals surface area contributed by atoms with E-state index < -0.39 is 0 Å². The topological polar surface area (TPSA) is 98.0 Å². The average Bonchev–Trinajstić information content (AvgIpc) is 2.96. The van der Waals surface area contributed by atoms with Gasteiger partial charge in [-0.15, -0.1) is 0 Å². The molecule has 0 aliphatic heterocycles. The number of nitrogens with one attached hydrogen (secondary N) is 2. The van der Waals surface area contributed by atoms with E-state index in [2.05, 4.69) is 32.6 Å². The second kappa shape index (κ2) is 4.09. The van der Waals surface area contributed by atoms with Crippen LogP contribution in [0.25, 0.3) is 0 Å². The number of aromatic nitrogens is 3. The number of nitrogens with two attached hydrogens (primary N) is 1. The predicted octanol–water partition coefficient (Wildman–Crippen LogP) is 0.520. The van der Waals surface area contributed by atoms with Crippen molar-refractivity contribution in [3.8, 4) is 6.01 Å². The Morgan fingerprint density at radius 2 is 2.00 bits per heavy atom. The Morgan fingerprint density at radius 3 is 2.56 bits per heavy atom.